The van der Waals surface area contributed by atoms with Crippen molar-refractivity contribution < 1.29 is 18.0 Å². The highest BCUT2D eigenvalue weighted by Gasteiger charge is 2.17. The van der Waals surface area contributed by atoms with Crippen LogP contribution < -0.4 is 10.6 Å². The molecule has 5 nitrogen and oxygen atoms in total. The summed E-state index contributed by atoms with van der Waals surface area (Å²) < 4.78 is 40.0. The minimum atomic E-state index is -1.66. The molecule has 2 N–H and O–H groups in total. The second-order valence-electron chi connectivity index (χ2n) is 5.94. The van der Waals surface area contributed by atoms with Crippen LogP contribution in [0.25, 0.3) is 0 Å². The van der Waals surface area contributed by atoms with Gasteiger partial charge in [0.25, 0.3) is 5.91 Å². The fourth-order valence-corrected chi connectivity index (χ4v) is 2.53. The van der Waals surface area contributed by atoms with Crippen molar-refractivity contribution in [2.75, 3.05) is 10.6 Å². The summed E-state index contributed by atoms with van der Waals surface area (Å²) in [5.41, 5.74) is 2.28. The summed E-state index contributed by atoms with van der Waals surface area (Å²) in [6.45, 7) is 3.89. The summed E-state index contributed by atoms with van der Waals surface area (Å²) >= 11 is 0. The van der Waals surface area contributed by atoms with Gasteiger partial charge in [-0.05, 0) is 55.3 Å². The summed E-state index contributed by atoms with van der Waals surface area (Å²) in [7, 11) is 0. The monoisotopic (exact) mass is 372 g/mol. The second kappa shape index (κ2) is 7.45. The summed E-state index contributed by atoms with van der Waals surface area (Å²) in [5, 5.41) is 5.15. The molecule has 0 atom stereocenters. The van der Waals surface area contributed by atoms with E-state index in [0.29, 0.717) is 0 Å². The standard InChI is InChI=1S/C19H15F3N4O/c1-10-7-11(2)9-12(8-10)24-19-23-6-5-15(26-19)18(27)25-14-4-3-13(20)16(21)17(14)22/h3-9H,1-2H3,(H,25,27)(H,23,24,26). The average Bonchev–Trinajstić information content (AvgIpc) is 2.61. The number of carbonyl (C=O) groups excluding carboxylic acids is 1. The number of carbonyl (C=O) groups is 1. The molecule has 0 spiro atoms. The smallest absolute Gasteiger partial charge is 0.274 e. The molecule has 3 aromatic rings. The fourth-order valence-electron chi connectivity index (χ4n) is 2.53. The SMILES string of the molecule is Cc1cc(C)cc(Nc2nccc(C(=O)Nc3ccc(F)c(F)c3F)n2)c1. The summed E-state index contributed by atoms with van der Waals surface area (Å²) in [6, 6.07) is 8.76. The van der Waals surface area contributed by atoms with Crippen molar-refractivity contribution in [3.05, 3.63) is 76.9 Å². The summed E-state index contributed by atoms with van der Waals surface area (Å²) in [6.07, 6.45) is 1.36. The minimum absolute atomic E-state index is 0.0685. The minimum Gasteiger partial charge on any atom is -0.324 e. The molecule has 0 radical (unpaired) electrons. The molecule has 3 rings (SSSR count). The highest BCUT2D eigenvalue weighted by molar-refractivity contribution is 6.03. The van der Waals surface area contributed by atoms with Crippen LogP contribution in [0.15, 0.2) is 42.6 Å². The molecule has 27 heavy (non-hydrogen) atoms. The van der Waals surface area contributed by atoms with E-state index in [4.69, 9.17) is 0 Å². The van der Waals surface area contributed by atoms with Gasteiger partial charge in [0, 0.05) is 11.9 Å². The van der Waals surface area contributed by atoms with Crippen LogP contribution in [0.2, 0.25) is 0 Å². The lowest BCUT2D eigenvalue weighted by molar-refractivity contribution is 0.102. The lowest BCUT2D eigenvalue weighted by Crippen LogP contribution is -2.16. The third kappa shape index (κ3) is 4.22. The van der Waals surface area contributed by atoms with Gasteiger partial charge in [-0.15, -0.1) is 0 Å². The number of nitrogens with zero attached hydrogens (tertiary/aromatic N) is 2. The first-order valence-corrected chi connectivity index (χ1v) is 7.96. The van der Waals surface area contributed by atoms with Crippen molar-refractivity contribution in [2.45, 2.75) is 13.8 Å². The molecule has 2 aromatic carbocycles. The Balaban J connectivity index is 1.80. The van der Waals surface area contributed by atoms with Gasteiger partial charge in [-0.2, -0.15) is 0 Å². The van der Waals surface area contributed by atoms with Crippen molar-refractivity contribution in [1.82, 2.24) is 9.97 Å². The maximum absolute atomic E-state index is 13.7. The first kappa shape index (κ1) is 18.4. The number of aryl methyl sites for hydroxylation is 2. The van der Waals surface area contributed by atoms with Gasteiger partial charge < -0.3 is 10.6 Å². The Morgan fingerprint density at radius 1 is 0.963 bits per heavy atom. The molecule has 0 aliphatic carbocycles. The zero-order valence-electron chi connectivity index (χ0n) is 14.5. The number of anilines is 3. The van der Waals surface area contributed by atoms with E-state index in [0.717, 1.165) is 28.9 Å². The van der Waals surface area contributed by atoms with E-state index >= 15 is 0 Å². The highest BCUT2D eigenvalue weighted by Crippen LogP contribution is 2.21. The quantitative estimate of drug-likeness (QED) is 0.662. The van der Waals surface area contributed by atoms with E-state index in [9.17, 15) is 18.0 Å². The third-order valence-corrected chi connectivity index (χ3v) is 3.65. The van der Waals surface area contributed by atoms with E-state index in [1.165, 1.54) is 12.3 Å². The van der Waals surface area contributed by atoms with Crippen molar-refractivity contribution in [2.24, 2.45) is 0 Å². The largest absolute Gasteiger partial charge is 0.324 e. The molecule has 1 heterocycles. The number of hydrogen-bond donors (Lipinski definition) is 2. The van der Waals surface area contributed by atoms with E-state index in [1.807, 2.05) is 32.0 Å². The summed E-state index contributed by atoms with van der Waals surface area (Å²) in [4.78, 5) is 20.4. The zero-order chi connectivity index (χ0) is 19.6. The van der Waals surface area contributed by atoms with Crippen LogP contribution in [0.3, 0.4) is 0 Å². The number of nitrogens with one attached hydrogen (secondary N) is 2. The Morgan fingerprint density at radius 2 is 1.67 bits per heavy atom. The first-order valence-electron chi connectivity index (χ1n) is 7.96. The molecular formula is C19H15F3N4O. The number of amides is 1. The molecule has 0 saturated carbocycles. The second-order valence-corrected chi connectivity index (χ2v) is 5.94. The number of hydrogen-bond acceptors (Lipinski definition) is 4. The van der Waals surface area contributed by atoms with Crippen LogP contribution >= 0.6 is 0 Å². The van der Waals surface area contributed by atoms with E-state index < -0.39 is 29.0 Å². The lowest BCUT2D eigenvalue weighted by Gasteiger charge is -2.09. The van der Waals surface area contributed by atoms with Gasteiger partial charge in [-0.1, -0.05) is 6.07 Å². The molecule has 1 aromatic heterocycles. The maximum Gasteiger partial charge on any atom is 0.274 e. The molecule has 0 saturated heterocycles. The topological polar surface area (TPSA) is 66.9 Å². The van der Waals surface area contributed by atoms with Gasteiger partial charge in [0.2, 0.25) is 5.95 Å². The van der Waals surface area contributed by atoms with E-state index in [-0.39, 0.29) is 11.6 Å². The summed E-state index contributed by atoms with van der Waals surface area (Å²) in [5.74, 6) is -5.10. The Morgan fingerprint density at radius 3 is 2.37 bits per heavy atom. The van der Waals surface area contributed by atoms with Gasteiger partial charge in [0.05, 0.1) is 5.69 Å². The predicted octanol–water partition coefficient (Wildman–Crippen LogP) is 4.51. The zero-order valence-corrected chi connectivity index (χ0v) is 14.5. The highest BCUT2D eigenvalue weighted by atomic mass is 19.2. The molecule has 8 heteroatoms. The Bertz CT molecular complexity index is 1000. The molecule has 0 unspecified atom stereocenters. The molecular weight excluding hydrogens is 357 g/mol. The molecule has 0 aliphatic heterocycles. The Hall–Kier alpha value is -3.42. The van der Waals surface area contributed by atoms with Crippen molar-refractivity contribution in [1.29, 1.82) is 0 Å². The van der Waals surface area contributed by atoms with Crippen LogP contribution in [-0.2, 0) is 0 Å². The van der Waals surface area contributed by atoms with Crippen molar-refractivity contribution >= 4 is 23.2 Å². The van der Waals surface area contributed by atoms with Gasteiger partial charge in [-0.25, -0.2) is 23.1 Å². The number of benzene rings is 2. The molecule has 0 aliphatic rings. The predicted molar refractivity (Wildman–Crippen MR) is 95.5 cm³/mol. The molecule has 0 fully saturated rings. The molecule has 0 bridgehead atoms. The van der Waals surface area contributed by atoms with Gasteiger partial charge in [-0.3, -0.25) is 4.79 Å². The van der Waals surface area contributed by atoms with E-state index in [2.05, 4.69) is 20.6 Å². The van der Waals surface area contributed by atoms with Crippen molar-refractivity contribution in [3.8, 4) is 0 Å². The Labute approximate surface area is 153 Å². The first-order chi connectivity index (χ1) is 12.8. The average molecular weight is 372 g/mol. The van der Waals surface area contributed by atoms with Gasteiger partial charge in [0.1, 0.15) is 5.69 Å². The Kier molecular flexibility index (Phi) is 5.07. The normalized spacial score (nSPS) is 10.6. The number of rotatable bonds is 4. The van der Waals surface area contributed by atoms with Crippen LogP contribution in [0.4, 0.5) is 30.5 Å². The third-order valence-electron chi connectivity index (χ3n) is 3.65. The van der Waals surface area contributed by atoms with Crippen LogP contribution in [0, 0.1) is 31.3 Å². The van der Waals surface area contributed by atoms with E-state index in [1.54, 1.807) is 0 Å². The van der Waals surface area contributed by atoms with Crippen molar-refractivity contribution in [3.63, 3.8) is 0 Å². The van der Waals surface area contributed by atoms with Crippen LogP contribution in [0.1, 0.15) is 21.6 Å². The maximum atomic E-state index is 13.7. The lowest BCUT2D eigenvalue weighted by atomic mass is 10.1. The fraction of sp³-hybridized carbons (Fsp3) is 0.105. The number of aromatic nitrogens is 2. The van der Waals surface area contributed by atoms with Crippen LogP contribution in [0.5, 0.6) is 0 Å². The van der Waals surface area contributed by atoms with Gasteiger partial charge >= 0.3 is 0 Å². The molecule has 138 valence electrons. The number of halogens is 3. The van der Waals surface area contributed by atoms with Gasteiger partial charge in [0.15, 0.2) is 17.5 Å². The van der Waals surface area contributed by atoms with Crippen LogP contribution in [-0.4, -0.2) is 15.9 Å². The molecule has 1 amide bonds.